The van der Waals surface area contributed by atoms with E-state index in [-0.39, 0.29) is 10.7 Å². The molecule has 0 aliphatic carbocycles. The second-order valence-electron chi connectivity index (χ2n) is 3.51. The highest BCUT2D eigenvalue weighted by atomic mass is 32.2. The van der Waals surface area contributed by atoms with Crippen molar-refractivity contribution in [1.82, 2.24) is 15.0 Å². The zero-order valence-electron chi connectivity index (χ0n) is 10.5. The maximum atomic E-state index is 11.3. The number of carbonyl (C=O) groups excluding carboxylic acids is 1. The van der Waals surface area contributed by atoms with Gasteiger partial charge in [0.1, 0.15) is 9.90 Å². The number of aromatic nitrogens is 3. The summed E-state index contributed by atoms with van der Waals surface area (Å²) in [7, 11) is 1.24. The van der Waals surface area contributed by atoms with Crippen LogP contribution in [-0.4, -0.2) is 39.1 Å². The van der Waals surface area contributed by atoms with Crippen LogP contribution in [-0.2, 0) is 4.74 Å². The zero-order valence-corrected chi connectivity index (χ0v) is 12.1. The van der Waals surface area contributed by atoms with Crippen LogP contribution >= 0.6 is 23.1 Å². The van der Waals surface area contributed by atoms with Gasteiger partial charge in [0, 0.05) is 6.20 Å². The molecule has 7 nitrogen and oxygen atoms in total. The number of hydrogen-bond donors (Lipinski definition) is 1. The summed E-state index contributed by atoms with van der Waals surface area (Å²) in [5.74, 6) is -1.69. The number of carbonyl (C=O) groups is 2. The lowest BCUT2D eigenvalue weighted by molar-refractivity contribution is 0.0585. The Kier molecular flexibility index (Phi) is 4.30. The summed E-state index contributed by atoms with van der Waals surface area (Å²) in [5, 5.41) is 9.46. The first-order valence-corrected chi connectivity index (χ1v) is 6.94. The number of nitrogens with zero attached hydrogens (tertiary/aromatic N) is 3. The molecule has 0 aliphatic rings. The molecule has 2 aromatic rings. The molecule has 2 heterocycles. The molecule has 0 bridgehead atoms. The Labute approximate surface area is 122 Å². The van der Waals surface area contributed by atoms with Crippen molar-refractivity contribution in [1.29, 1.82) is 0 Å². The van der Waals surface area contributed by atoms with Crippen molar-refractivity contribution in [3.05, 3.63) is 28.7 Å². The van der Waals surface area contributed by atoms with Crippen LogP contribution in [0.1, 0.15) is 26.0 Å². The second-order valence-corrected chi connectivity index (χ2v) is 5.78. The fraction of sp³-hybridized carbons (Fsp3) is 0.182. The molecular formula is C11H9N3O4S2. The van der Waals surface area contributed by atoms with Crippen molar-refractivity contribution in [3.63, 3.8) is 0 Å². The molecule has 2 rings (SSSR count). The summed E-state index contributed by atoms with van der Waals surface area (Å²) < 4.78 is 5.07. The maximum absolute atomic E-state index is 11.3. The molecule has 104 valence electrons. The molecular weight excluding hydrogens is 302 g/mol. The van der Waals surface area contributed by atoms with Crippen molar-refractivity contribution >= 4 is 35.0 Å². The first-order valence-electron chi connectivity index (χ1n) is 5.31. The topological polar surface area (TPSA) is 102 Å². The molecule has 0 aromatic carbocycles. The highest BCUT2D eigenvalue weighted by Crippen LogP contribution is 2.31. The van der Waals surface area contributed by atoms with Crippen LogP contribution in [0.25, 0.3) is 0 Å². The first kappa shape index (κ1) is 14.4. The number of aromatic carboxylic acids is 1. The van der Waals surface area contributed by atoms with Gasteiger partial charge in [-0.3, -0.25) is 0 Å². The van der Waals surface area contributed by atoms with Gasteiger partial charge in [-0.2, -0.15) is 0 Å². The van der Waals surface area contributed by atoms with E-state index in [1.165, 1.54) is 25.1 Å². The van der Waals surface area contributed by atoms with Crippen LogP contribution in [0.3, 0.4) is 0 Å². The standard InChI is InChI=1S/C11H9N3O4S2/c1-5-7(9(15)16)20-11(13-5)19-6-3-4-12-8(14-6)10(17)18-2/h3-4H,1-2H3,(H,15,16). The predicted molar refractivity (Wildman–Crippen MR) is 71.3 cm³/mol. The Morgan fingerprint density at radius 2 is 2.15 bits per heavy atom. The number of hydrogen-bond acceptors (Lipinski definition) is 8. The average molecular weight is 311 g/mol. The molecule has 0 atom stereocenters. The minimum atomic E-state index is -1.01. The van der Waals surface area contributed by atoms with E-state index in [2.05, 4.69) is 19.7 Å². The average Bonchev–Trinajstić information content (AvgIpc) is 2.79. The fourth-order valence-corrected chi connectivity index (χ4v) is 3.22. The van der Waals surface area contributed by atoms with Crippen molar-refractivity contribution in [2.75, 3.05) is 7.11 Å². The Morgan fingerprint density at radius 1 is 1.40 bits per heavy atom. The SMILES string of the molecule is COC(=O)c1nccc(Sc2nc(C)c(C(=O)O)s2)n1. The molecule has 0 unspecified atom stereocenters. The van der Waals surface area contributed by atoms with Gasteiger partial charge in [-0.25, -0.2) is 24.5 Å². The van der Waals surface area contributed by atoms with Gasteiger partial charge in [0.05, 0.1) is 12.8 Å². The summed E-state index contributed by atoms with van der Waals surface area (Å²) in [6, 6.07) is 1.61. The lowest BCUT2D eigenvalue weighted by Crippen LogP contribution is -2.07. The number of ether oxygens (including phenoxy) is 1. The lowest BCUT2D eigenvalue weighted by atomic mass is 10.4. The van der Waals surface area contributed by atoms with Crippen LogP contribution < -0.4 is 0 Å². The summed E-state index contributed by atoms with van der Waals surface area (Å²) in [5.41, 5.74) is 0.451. The minimum Gasteiger partial charge on any atom is -0.477 e. The largest absolute Gasteiger partial charge is 0.477 e. The molecule has 0 saturated carbocycles. The number of rotatable bonds is 4. The van der Waals surface area contributed by atoms with Gasteiger partial charge in [-0.05, 0) is 24.8 Å². The number of carboxylic acids is 1. The number of thiazole rings is 1. The van der Waals surface area contributed by atoms with E-state index in [0.717, 1.165) is 11.3 Å². The Bertz CT molecular complexity index is 671. The Hall–Kier alpha value is -2.00. The first-order chi connectivity index (χ1) is 9.51. The number of esters is 1. The van der Waals surface area contributed by atoms with Gasteiger partial charge < -0.3 is 9.84 Å². The predicted octanol–water partition coefficient (Wildman–Crippen LogP) is 1.88. The second kappa shape index (κ2) is 5.97. The van der Waals surface area contributed by atoms with E-state index in [1.54, 1.807) is 13.0 Å². The smallest absolute Gasteiger partial charge is 0.376 e. The molecule has 0 spiro atoms. The highest BCUT2D eigenvalue weighted by Gasteiger charge is 2.16. The summed E-state index contributed by atoms with van der Waals surface area (Å²) >= 11 is 2.23. The third kappa shape index (κ3) is 3.11. The number of methoxy groups -OCH3 is 1. The molecule has 0 saturated heterocycles. The van der Waals surface area contributed by atoms with Crippen molar-refractivity contribution in [2.24, 2.45) is 0 Å². The van der Waals surface area contributed by atoms with E-state index >= 15 is 0 Å². The van der Waals surface area contributed by atoms with E-state index in [1.807, 2.05) is 0 Å². The van der Waals surface area contributed by atoms with Gasteiger partial charge in [0.15, 0.2) is 4.34 Å². The number of aryl methyl sites for hydroxylation is 1. The van der Waals surface area contributed by atoms with Crippen LogP contribution in [0.5, 0.6) is 0 Å². The quantitative estimate of drug-likeness (QED) is 0.674. The number of carboxylic acid groups (broad SMARTS) is 1. The van der Waals surface area contributed by atoms with Crippen LogP contribution in [0, 0.1) is 6.92 Å². The summed E-state index contributed by atoms with van der Waals surface area (Å²) in [6.07, 6.45) is 1.43. The van der Waals surface area contributed by atoms with Crippen molar-refractivity contribution in [2.45, 2.75) is 16.3 Å². The normalized spacial score (nSPS) is 10.3. The van der Waals surface area contributed by atoms with Crippen LogP contribution in [0.2, 0.25) is 0 Å². The molecule has 2 aromatic heterocycles. The van der Waals surface area contributed by atoms with E-state index in [9.17, 15) is 9.59 Å². The van der Waals surface area contributed by atoms with Gasteiger partial charge in [0.25, 0.3) is 0 Å². The van der Waals surface area contributed by atoms with Crippen molar-refractivity contribution in [3.8, 4) is 0 Å². The highest BCUT2D eigenvalue weighted by molar-refractivity contribution is 8.01. The molecule has 0 radical (unpaired) electrons. The molecule has 0 aliphatic heterocycles. The fourth-order valence-electron chi connectivity index (χ4n) is 1.29. The van der Waals surface area contributed by atoms with Gasteiger partial charge in [-0.15, -0.1) is 0 Å². The summed E-state index contributed by atoms with van der Waals surface area (Å²) in [6.45, 7) is 1.63. The van der Waals surface area contributed by atoms with Crippen molar-refractivity contribution < 1.29 is 19.4 Å². The van der Waals surface area contributed by atoms with Crippen LogP contribution in [0.4, 0.5) is 0 Å². The van der Waals surface area contributed by atoms with Gasteiger partial charge in [0.2, 0.25) is 5.82 Å². The Morgan fingerprint density at radius 3 is 2.75 bits per heavy atom. The molecule has 1 N–H and O–H groups in total. The molecule has 0 fully saturated rings. The molecule has 9 heteroatoms. The summed E-state index contributed by atoms with van der Waals surface area (Å²) in [4.78, 5) is 34.4. The van der Waals surface area contributed by atoms with E-state index in [0.29, 0.717) is 15.1 Å². The molecule has 0 amide bonds. The van der Waals surface area contributed by atoms with Gasteiger partial charge in [-0.1, -0.05) is 11.3 Å². The zero-order chi connectivity index (χ0) is 14.7. The van der Waals surface area contributed by atoms with Gasteiger partial charge >= 0.3 is 11.9 Å². The maximum Gasteiger partial charge on any atom is 0.376 e. The molecule has 20 heavy (non-hydrogen) atoms. The minimum absolute atomic E-state index is 0.0516. The van der Waals surface area contributed by atoms with E-state index < -0.39 is 11.9 Å². The van der Waals surface area contributed by atoms with Crippen LogP contribution in [0.15, 0.2) is 21.6 Å². The third-order valence-electron chi connectivity index (χ3n) is 2.16. The third-order valence-corrected chi connectivity index (χ3v) is 4.30. The monoisotopic (exact) mass is 311 g/mol. The Balaban J connectivity index is 2.24. The lowest BCUT2D eigenvalue weighted by Gasteiger charge is -1.99. The van der Waals surface area contributed by atoms with E-state index in [4.69, 9.17) is 5.11 Å².